The van der Waals surface area contributed by atoms with Crippen LogP contribution in [0.15, 0.2) is 36.4 Å². The van der Waals surface area contributed by atoms with Crippen molar-refractivity contribution < 1.29 is 40.9 Å². The molecule has 186 valence electrons. The first-order valence-corrected chi connectivity index (χ1v) is 10.8. The van der Waals surface area contributed by atoms with Gasteiger partial charge in [-0.2, -0.15) is 18.3 Å². The third kappa shape index (κ3) is 4.26. The molecule has 5 rings (SSSR count). The number of rotatable bonds is 4. The van der Waals surface area contributed by atoms with Crippen LogP contribution >= 0.6 is 0 Å². The van der Waals surface area contributed by atoms with Crippen LogP contribution in [0.25, 0.3) is 5.69 Å². The number of alkyl halides is 5. The fourth-order valence-electron chi connectivity index (χ4n) is 4.39. The summed E-state index contributed by atoms with van der Waals surface area (Å²) in [4.78, 5) is 0. The first-order valence-electron chi connectivity index (χ1n) is 10.8. The first-order chi connectivity index (χ1) is 16.4. The van der Waals surface area contributed by atoms with Crippen LogP contribution in [0.3, 0.4) is 0 Å². The minimum atomic E-state index is -4.71. The molecule has 2 heterocycles. The maximum atomic E-state index is 14.6. The Morgan fingerprint density at radius 1 is 1.14 bits per heavy atom. The molecule has 1 aromatic heterocycles. The fraction of sp³-hybridized carbons (Fsp3) is 0.348. The normalized spacial score (nSPS) is 19.4. The molecule has 0 saturated heterocycles. The van der Waals surface area contributed by atoms with Gasteiger partial charge in [-0.3, -0.25) is 0 Å². The van der Waals surface area contributed by atoms with Crippen LogP contribution in [0.5, 0.6) is 11.5 Å². The van der Waals surface area contributed by atoms with E-state index in [1.165, 1.54) is 30.3 Å². The summed E-state index contributed by atoms with van der Waals surface area (Å²) in [6, 6.07) is 7.13. The molecule has 2 atom stereocenters. The van der Waals surface area contributed by atoms with Crippen molar-refractivity contribution in [3.05, 3.63) is 64.7 Å². The molecule has 2 aliphatic rings. The summed E-state index contributed by atoms with van der Waals surface area (Å²) in [7, 11) is 0. The van der Waals surface area contributed by atoms with E-state index in [2.05, 4.69) is 19.9 Å². The van der Waals surface area contributed by atoms with E-state index in [9.17, 15) is 31.4 Å². The number of aromatic nitrogens is 2. The quantitative estimate of drug-likeness (QED) is 0.438. The van der Waals surface area contributed by atoms with Gasteiger partial charge in [-0.15, -0.1) is 8.78 Å². The second kappa shape index (κ2) is 8.08. The Morgan fingerprint density at radius 3 is 2.63 bits per heavy atom. The molecule has 1 aliphatic heterocycles. The summed E-state index contributed by atoms with van der Waals surface area (Å²) in [5.74, 6) is -1.00. The summed E-state index contributed by atoms with van der Waals surface area (Å²) in [6.45, 7) is 1.64. The van der Waals surface area contributed by atoms with Crippen molar-refractivity contribution in [1.82, 2.24) is 9.78 Å². The van der Waals surface area contributed by atoms with Gasteiger partial charge in [0.2, 0.25) is 0 Å². The minimum absolute atomic E-state index is 0.0332. The van der Waals surface area contributed by atoms with Gasteiger partial charge >= 0.3 is 12.5 Å². The zero-order valence-electron chi connectivity index (χ0n) is 18.2. The van der Waals surface area contributed by atoms with Gasteiger partial charge in [0.25, 0.3) is 0 Å². The van der Waals surface area contributed by atoms with Gasteiger partial charge in [0, 0.05) is 11.6 Å². The number of anilines is 1. The number of halogens is 6. The van der Waals surface area contributed by atoms with E-state index < -0.39 is 36.1 Å². The van der Waals surface area contributed by atoms with E-state index >= 15 is 0 Å². The molecule has 1 aliphatic carbocycles. The summed E-state index contributed by atoms with van der Waals surface area (Å²) in [5, 5.41) is 17.0. The number of hydrogen-bond acceptors (Lipinski definition) is 5. The van der Waals surface area contributed by atoms with Crippen LogP contribution in [0.2, 0.25) is 0 Å². The average Bonchev–Trinajstić information content (AvgIpc) is 3.31. The van der Waals surface area contributed by atoms with Crippen LogP contribution in [-0.4, -0.2) is 21.2 Å². The largest absolute Gasteiger partial charge is 0.586 e. The second-order valence-corrected chi connectivity index (χ2v) is 8.43. The van der Waals surface area contributed by atoms with E-state index in [1.807, 2.05) is 0 Å². The smallest absolute Gasteiger partial charge is 0.395 e. The molecule has 1 unspecified atom stereocenters. The number of ether oxygens (including phenoxy) is 2. The number of hydrogen-bond donors (Lipinski definition) is 2. The minimum Gasteiger partial charge on any atom is -0.395 e. The molecule has 2 N–H and O–H groups in total. The monoisotopic (exact) mass is 499 g/mol. The molecular weight excluding hydrogens is 480 g/mol. The Balaban J connectivity index is 1.48. The molecule has 6 nitrogen and oxygen atoms in total. The topological polar surface area (TPSA) is 68.5 Å². The molecule has 35 heavy (non-hydrogen) atoms. The Morgan fingerprint density at radius 2 is 1.89 bits per heavy atom. The van der Waals surface area contributed by atoms with Crippen LogP contribution in [0, 0.1) is 5.82 Å². The molecule has 0 fully saturated rings. The lowest BCUT2D eigenvalue weighted by atomic mass is 9.93. The third-order valence-electron chi connectivity index (χ3n) is 6.00. The highest BCUT2D eigenvalue weighted by Gasteiger charge is 2.44. The van der Waals surface area contributed by atoms with Crippen LogP contribution < -0.4 is 14.8 Å². The van der Waals surface area contributed by atoms with Gasteiger partial charge < -0.3 is 19.9 Å². The van der Waals surface area contributed by atoms with Gasteiger partial charge in [-0.05, 0) is 62.1 Å². The summed E-state index contributed by atoms with van der Waals surface area (Å²) in [5.41, 5.74) is -0.566. The third-order valence-corrected chi connectivity index (χ3v) is 6.00. The van der Waals surface area contributed by atoms with Gasteiger partial charge in [0.15, 0.2) is 17.2 Å². The molecular formula is C23H19F6N3O3. The number of nitrogens with one attached hydrogen (secondary N) is 1. The summed E-state index contributed by atoms with van der Waals surface area (Å²) in [6.07, 6.45) is -8.85. The van der Waals surface area contributed by atoms with Gasteiger partial charge in [0.05, 0.1) is 23.2 Å². The van der Waals surface area contributed by atoms with E-state index in [0.29, 0.717) is 12.0 Å². The van der Waals surface area contributed by atoms with Crippen molar-refractivity contribution in [3.8, 4) is 17.2 Å². The van der Waals surface area contributed by atoms with E-state index in [0.717, 1.165) is 10.7 Å². The lowest BCUT2D eigenvalue weighted by Gasteiger charge is -2.21. The second-order valence-electron chi connectivity index (χ2n) is 8.43. The van der Waals surface area contributed by atoms with Gasteiger partial charge in [-0.25, -0.2) is 9.07 Å². The van der Waals surface area contributed by atoms with E-state index in [-0.39, 0.29) is 47.0 Å². The lowest BCUT2D eigenvalue weighted by Crippen LogP contribution is -2.25. The van der Waals surface area contributed by atoms with Crippen molar-refractivity contribution in [3.63, 3.8) is 0 Å². The average molecular weight is 499 g/mol. The SMILES string of the molecule is C[C@H](Nc1cc(-n2nc(C(F)(F)F)c3c2C(O)CCC3)ccc1F)c1ccc2c(c1)OC(F)(F)O2. The van der Waals surface area contributed by atoms with Crippen LogP contribution in [-0.2, 0) is 12.6 Å². The van der Waals surface area contributed by atoms with Gasteiger partial charge in [-0.1, -0.05) is 6.07 Å². The number of benzene rings is 2. The number of aliphatic hydroxyl groups is 1. The molecule has 3 aromatic rings. The Kier molecular flexibility index (Phi) is 5.38. The zero-order valence-corrected chi connectivity index (χ0v) is 18.2. The van der Waals surface area contributed by atoms with Crippen LogP contribution in [0.1, 0.15) is 54.4 Å². The van der Waals surface area contributed by atoms with E-state index in [4.69, 9.17) is 0 Å². The molecule has 0 saturated carbocycles. The predicted octanol–water partition coefficient (Wildman–Crippen LogP) is 5.89. The van der Waals surface area contributed by atoms with Crippen molar-refractivity contribution in [1.29, 1.82) is 0 Å². The lowest BCUT2D eigenvalue weighted by molar-refractivity contribution is -0.286. The summed E-state index contributed by atoms with van der Waals surface area (Å²) < 4.78 is 91.8. The van der Waals surface area contributed by atoms with Crippen molar-refractivity contribution in [2.24, 2.45) is 0 Å². The highest BCUT2D eigenvalue weighted by molar-refractivity contribution is 5.55. The highest BCUT2D eigenvalue weighted by atomic mass is 19.4. The molecule has 0 bridgehead atoms. The van der Waals surface area contributed by atoms with Crippen LogP contribution in [0.4, 0.5) is 32.0 Å². The molecule has 0 spiro atoms. The highest BCUT2D eigenvalue weighted by Crippen LogP contribution is 2.43. The standard InChI is InChI=1S/C23H19F6N3O3/c1-11(12-5-8-18-19(9-12)35-23(28,29)34-18)30-16-10-13(6-7-15(16)24)32-20-14(3-2-4-17(20)33)21(31-32)22(25,26)27/h5-11,17,30,33H,2-4H2,1H3/t11-,17?/m0/s1. The van der Waals surface area contributed by atoms with E-state index in [1.54, 1.807) is 6.92 Å². The Labute approximate surface area is 195 Å². The molecule has 0 radical (unpaired) electrons. The van der Waals surface area contributed by atoms with Crippen molar-refractivity contribution in [2.75, 3.05) is 5.32 Å². The molecule has 2 aromatic carbocycles. The first kappa shape index (κ1) is 23.3. The number of fused-ring (bicyclic) bond motifs is 2. The number of aliphatic hydroxyl groups excluding tert-OH is 1. The van der Waals surface area contributed by atoms with Gasteiger partial charge in [0.1, 0.15) is 5.82 Å². The molecule has 0 amide bonds. The maximum Gasteiger partial charge on any atom is 0.586 e. The number of nitrogens with zero attached hydrogens (tertiary/aromatic N) is 2. The Hall–Kier alpha value is -3.41. The predicted molar refractivity (Wildman–Crippen MR) is 111 cm³/mol. The fourth-order valence-corrected chi connectivity index (χ4v) is 4.39. The molecule has 12 heteroatoms. The van der Waals surface area contributed by atoms with Crippen molar-refractivity contribution in [2.45, 2.75) is 50.8 Å². The summed E-state index contributed by atoms with van der Waals surface area (Å²) >= 11 is 0. The Bertz CT molecular complexity index is 1290. The van der Waals surface area contributed by atoms with Crippen molar-refractivity contribution >= 4 is 5.69 Å². The maximum absolute atomic E-state index is 14.6. The zero-order chi connectivity index (χ0) is 25.1.